The third-order valence-corrected chi connectivity index (χ3v) is 4.53. The summed E-state index contributed by atoms with van der Waals surface area (Å²) in [5.74, 6) is 1.89. The maximum absolute atomic E-state index is 10.2. The Kier molecular flexibility index (Phi) is 4.49. The molecule has 1 saturated heterocycles. The van der Waals surface area contributed by atoms with Crippen molar-refractivity contribution in [2.75, 3.05) is 13.1 Å². The van der Waals surface area contributed by atoms with Crippen molar-refractivity contribution in [1.29, 1.82) is 0 Å². The molecule has 1 aliphatic rings. The molecule has 0 bridgehead atoms. The molecule has 22 heavy (non-hydrogen) atoms. The van der Waals surface area contributed by atoms with E-state index in [9.17, 15) is 5.11 Å². The number of phenolic OH excluding ortho intramolecular Hbond substituents is 1. The molecule has 1 fully saturated rings. The summed E-state index contributed by atoms with van der Waals surface area (Å²) in [6, 6.07) is 16.3. The highest BCUT2D eigenvalue weighted by Crippen LogP contribution is 2.29. The van der Waals surface area contributed by atoms with E-state index in [2.05, 4.69) is 49.1 Å². The van der Waals surface area contributed by atoms with Gasteiger partial charge in [0.2, 0.25) is 0 Å². The lowest BCUT2D eigenvalue weighted by Crippen LogP contribution is -2.38. The van der Waals surface area contributed by atoms with Gasteiger partial charge in [-0.1, -0.05) is 50.2 Å². The normalized spacial score (nSPS) is 22.6. The predicted octanol–water partition coefficient (Wildman–Crippen LogP) is 4.54. The van der Waals surface area contributed by atoms with Gasteiger partial charge in [0.05, 0.1) is 0 Å². The number of hydrogen-bond acceptors (Lipinski definition) is 2. The molecular weight excluding hydrogens is 270 g/mol. The first kappa shape index (κ1) is 15.1. The zero-order chi connectivity index (χ0) is 15.5. The van der Waals surface area contributed by atoms with E-state index < -0.39 is 0 Å². The molecule has 2 nitrogen and oxygen atoms in total. The van der Waals surface area contributed by atoms with Gasteiger partial charge in [-0.05, 0) is 41.5 Å². The van der Waals surface area contributed by atoms with Gasteiger partial charge in [0, 0.05) is 25.2 Å². The second-order valence-electron chi connectivity index (χ2n) is 6.85. The molecule has 1 heterocycles. The maximum Gasteiger partial charge on any atom is 0.120 e. The highest BCUT2D eigenvalue weighted by atomic mass is 16.3. The zero-order valence-corrected chi connectivity index (χ0v) is 13.5. The topological polar surface area (TPSA) is 23.5 Å². The quantitative estimate of drug-likeness (QED) is 0.898. The molecule has 2 aromatic rings. The lowest BCUT2D eigenvalue weighted by Gasteiger charge is -2.35. The Balaban J connectivity index is 1.81. The fourth-order valence-corrected chi connectivity index (χ4v) is 3.68. The number of likely N-dealkylation sites (tertiary alicyclic amines) is 1. The second kappa shape index (κ2) is 6.53. The number of piperidine rings is 1. The van der Waals surface area contributed by atoms with E-state index in [0.717, 1.165) is 37.0 Å². The van der Waals surface area contributed by atoms with Crippen LogP contribution in [-0.4, -0.2) is 23.1 Å². The Morgan fingerprint density at radius 3 is 2.32 bits per heavy atom. The van der Waals surface area contributed by atoms with Crippen LogP contribution < -0.4 is 0 Å². The Morgan fingerprint density at radius 1 is 0.955 bits per heavy atom. The van der Waals surface area contributed by atoms with E-state index in [4.69, 9.17) is 0 Å². The van der Waals surface area contributed by atoms with E-state index in [0.29, 0.717) is 5.75 Å². The molecule has 0 aromatic heterocycles. The van der Waals surface area contributed by atoms with E-state index in [1.807, 2.05) is 18.2 Å². The van der Waals surface area contributed by atoms with Crippen LogP contribution in [-0.2, 0) is 6.54 Å². The summed E-state index contributed by atoms with van der Waals surface area (Å²) in [5.41, 5.74) is 3.40. The summed E-state index contributed by atoms with van der Waals surface area (Å²) >= 11 is 0. The number of nitrogens with zero attached hydrogens (tertiary/aromatic N) is 1. The highest BCUT2D eigenvalue weighted by Gasteiger charge is 2.22. The van der Waals surface area contributed by atoms with Gasteiger partial charge < -0.3 is 5.11 Å². The van der Waals surface area contributed by atoms with Crippen LogP contribution in [0.15, 0.2) is 48.5 Å². The smallest absolute Gasteiger partial charge is 0.120 e. The average molecular weight is 295 g/mol. The number of benzene rings is 2. The zero-order valence-electron chi connectivity index (χ0n) is 13.5. The summed E-state index contributed by atoms with van der Waals surface area (Å²) in [5, 5.41) is 10.2. The molecule has 3 rings (SSSR count). The lowest BCUT2D eigenvalue weighted by molar-refractivity contribution is 0.133. The monoisotopic (exact) mass is 295 g/mol. The first-order valence-electron chi connectivity index (χ1n) is 8.21. The maximum atomic E-state index is 10.2. The minimum Gasteiger partial charge on any atom is -0.508 e. The molecule has 0 saturated carbocycles. The summed E-state index contributed by atoms with van der Waals surface area (Å²) in [6.45, 7) is 7.73. The highest BCUT2D eigenvalue weighted by molar-refractivity contribution is 5.65. The van der Waals surface area contributed by atoms with Crippen LogP contribution in [0.2, 0.25) is 0 Å². The first-order chi connectivity index (χ1) is 10.6. The van der Waals surface area contributed by atoms with Crippen LogP contribution in [0.3, 0.4) is 0 Å². The summed E-state index contributed by atoms with van der Waals surface area (Å²) < 4.78 is 0. The van der Waals surface area contributed by atoms with Crippen molar-refractivity contribution < 1.29 is 5.11 Å². The summed E-state index contributed by atoms with van der Waals surface area (Å²) in [6.07, 6.45) is 1.31. The standard InChI is InChI=1S/C20H25NO/c1-15-10-16(2)13-21(12-15)14-19-11-18(8-9-20(19)22)17-6-4-3-5-7-17/h3-9,11,15-16,22H,10,12-14H2,1-2H3. The van der Waals surface area contributed by atoms with Gasteiger partial charge in [-0.15, -0.1) is 0 Å². The second-order valence-corrected chi connectivity index (χ2v) is 6.85. The van der Waals surface area contributed by atoms with Crippen molar-refractivity contribution in [3.8, 4) is 16.9 Å². The Labute approximate surface area is 133 Å². The molecule has 0 radical (unpaired) electrons. The molecule has 0 amide bonds. The van der Waals surface area contributed by atoms with Crippen LogP contribution in [0.5, 0.6) is 5.75 Å². The first-order valence-corrected chi connectivity index (χ1v) is 8.21. The third kappa shape index (κ3) is 3.50. The number of rotatable bonds is 3. The van der Waals surface area contributed by atoms with E-state index >= 15 is 0 Å². The van der Waals surface area contributed by atoms with Crippen molar-refractivity contribution in [3.63, 3.8) is 0 Å². The van der Waals surface area contributed by atoms with E-state index in [1.54, 1.807) is 0 Å². The minimum absolute atomic E-state index is 0.408. The predicted molar refractivity (Wildman–Crippen MR) is 91.8 cm³/mol. The molecule has 2 heteroatoms. The van der Waals surface area contributed by atoms with Gasteiger partial charge in [-0.25, -0.2) is 0 Å². The lowest BCUT2D eigenvalue weighted by atomic mass is 9.91. The van der Waals surface area contributed by atoms with Crippen molar-refractivity contribution in [3.05, 3.63) is 54.1 Å². The van der Waals surface area contributed by atoms with Crippen molar-refractivity contribution in [1.82, 2.24) is 4.90 Å². The Bertz CT molecular complexity index is 613. The van der Waals surface area contributed by atoms with Gasteiger partial charge in [-0.2, -0.15) is 0 Å². The molecule has 2 aromatic carbocycles. The molecule has 1 aliphatic heterocycles. The van der Waals surface area contributed by atoms with Gasteiger partial charge in [-0.3, -0.25) is 4.90 Å². The van der Waals surface area contributed by atoms with E-state index in [1.165, 1.54) is 17.5 Å². The van der Waals surface area contributed by atoms with Crippen LogP contribution in [0, 0.1) is 11.8 Å². The minimum atomic E-state index is 0.408. The fourth-order valence-electron chi connectivity index (χ4n) is 3.68. The Hall–Kier alpha value is -1.80. The van der Waals surface area contributed by atoms with E-state index in [-0.39, 0.29) is 0 Å². The van der Waals surface area contributed by atoms with Crippen molar-refractivity contribution in [2.45, 2.75) is 26.8 Å². The van der Waals surface area contributed by atoms with Crippen LogP contribution in [0.1, 0.15) is 25.8 Å². The van der Waals surface area contributed by atoms with Crippen LogP contribution in [0.4, 0.5) is 0 Å². The number of phenols is 1. The summed E-state index contributed by atoms with van der Waals surface area (Å²) in [7, 11) is 0. The molecule has 1 N–H and O–H groups in total. The third-order valence-electron chi connectivity index (χ3n) is 4.53. The van der Waals surface area contributed by atoms with Crippen molar-refractivity contribution >= 4 is 0 Å². The number of hydrogen-bond donors (Lipinski definition) is 1. The molecule has 2 atom stereocenters. The van der Waals surface area contributed by atoms with Gasteiger partial charge >= 0.3 is 0 Å². The molecule has 2 unspecified atom stereocenters. The summed E-state index contributed by atoms with van der Waals surface area (Å²) in [4.78, 5) is 2.47. The van der Waals surface area contributed by atoms with Crippen LogP contribution >= 0.6 is 0 Å². The van der Waals surface area contributed by atoms with Gasteiger partial charge in [0.15, 0.2) is 0 Å². The SMILES string of the molecule is CC1CC(C)CN(Cc2cc(-c3ccccc3)ccc2O)C1. The Morgan fingerprint density at radius 2 is 1.64 bits per heavy atom. The number of aromatic hydroxyl groups is 1. The largest absolute Gasteiger partial charge is 0.508 e. The molecule has 0 aliphatic carbocycles. The molecule has 0 spiro atoms. The molecular formula is C20H25NO. The fraction of sp³-hybridized carbons (Fsp3) is 0.400. The van der Waals surface area contributed by atoms with Gasteiger partial charge in [0.25, 0.3) is 0 Å². The average Bonchev–Trinajstić information content (AvgIpc) is 2.49. The van der Waals surface area contributed by atoms with Crippen LogP contribution in [0.25, 0.3) is 11.1 Å². The molecule has 116 valence electrons. The van der Waals surface area contributed by atoms with Gasteiger partial charge in [0.1, 0.15) is 5.75 Å². The van der Waals surface area contributed by atoms with Crippen molar-refractivity contribution in [2.24, 2.45) is 11.8 Å².